The third-order valence-electron chi connectivity index (χ3n) is 1.49. The normalized spacial score (nSPS) is 22.1. The molecule has 1 aliphatic heterocycles. The fourth-order valence-electron chi connectivity index (χ4n) is 0.884. The van der Waals surface area contributed by atoms with Gasteiger partial charge in [-0.15, -0.1) is 0 Å². The molecular formula is C7H13NO4. The highest BCUT2D eigenvalue weighted by Crippen LogP contribution is 1.97. The van der Waals surface area contributed by atoms with E-state index in [1.165, 1.54) is 0 Å². The van der Waals surface area contributed by atoms with Gasteiger partial charge in [0.05, 0.1) is 25.9 Å². The van der Waals surface area contributed by atoms with Crippen LogP contribution in [0.25, 0.3) is 0 Å². The fraction of sp³-hybridized carbons (Fsp3) is 0.857. The summed E-state index contributed by atoms with van der Waals surface area (Å²) in [6.07, 6.45) is -0.365. The number of nitrogens with one attached hydrogen (secondary N) is 1. The number of methoxy groups -OCH3 is 1. The van der Waals surface area contributed by atoms with Crippen LogP contribution in [0.15, 0.2) is 0 Å². The number of amides is 1. The van der Waals surface area contributed by atoms with Crippen LogP contribution in [0.1, 0.15) is 0 Å². The van der Waals surface area contributed by atoms with Crippen molar-refractivity contribution in [3.8, 4) is 0 Å². The minimum atomic E-state index is -0.365. The quantitative estimate of drug-likeness (QED) is 0.586. The van der Waals surface area contributed by atoms with E-state index in [0.717, 1.165) is 0 Å². The molecule has 1 fully saturated rings. The summed E-state index contributed by atoms with van der Waals surface area (Å²) < 4.78 is 14.6. The molecule has 0 saturated carbocycles. The lowest BCUT2D eigenvalue weighted by Gasteiger charge is -2.07. The Kier molecular flexibility index (Phi) is 3.83. The Balaban J connectivity index is 1.97. The lowest BCUT2D eigenvalue weighted by atomic mass is 10.4. The Morgan fingerprint density at radius 1 is 1.67 bits per heavy atom. The molecule has 1 atom stereocenters. The molecule has 0 radical (unpaired) electrons. The number of rotatable bonds is 5. The van der Waals surface area contributed by atoms with Crippen molar-refractivity contribution in [1.82, 2.24) is 5.32 Å². The first-order valence-electron chi connectivity index (χ1n) is 3.83. The molecule has 0 aromatic carbocycles. The van der Waals surface area contributed by atoms with E-state index in [2.05, 4.69) is 10.1 Å². The number of carbonyl (C=O) groups excluding carboxylic acids is 1. The van der Waals surface area contributed by atoms with E-state index in [1.54, 1.807) is 7.11 Å². The van der Waals surface area contributed by atoms with E-state index in [4.69, 9.17) is 9.47 Å². The van der Waals surface area contributed by atoms with Gasteiger partial charge in [0.1, 0.15) is 6.61 Å². The highest BCUT2D eigenvalue weighted by atomic mass is 16.6. The number of cyclic esters (lactones) is 1. The Morgan fingerprint density at radius 3 is 3.08 bits per heavy atom. The predicted molar refractivity (Wildman–Crippen MR) is 41.0 cm³/mol. The molecule has 1 saturated heterocycles. The number of ether oxygens (including phenoxy) is 3. The molecule has 1 aliphatic rings. The monoisotopic (exact) mass is 175 g/mol. The molecule has 0 bridgehead atoms. The minimum absolute atomic E-state index is 0.00523. The number of hydrogen-bond acceptors (Lipinski definition) is 4. The largest absolute Gasteiger partial charge is 0.447 e. The van der Waals surface area contributed by atoms with E-state index < -0.39 is 0 Å². The maximum atomic E-state index is 10.5. The molecular weight excluding hydrogens is 162 g/mol. The zero-order valence-corrected chi connectivity index (χ0v) is 7.04. The van der Waals surface area contributed by atoms with Crippen molar-refractivity contribution in [2.24, 2.45) is 0 Å². The highest BCUT2D eigenvalue weighted by molar-refractivity contribution is 5.69. The second-order valence-electron chi connectivity index (χ2n) is 2.51. The van der Waals surface area contributed by atoms with Crippen LogP contribution >= 0.6 is 0 Å². The summed E-state index contributed by atoms with van der Waals surface area (Å²) in [6.45, 7) is 1.99. The van der Waals surface area contributed by atoms with Crippen molar-refractivity contribution in [2.45, 2.75) is 6.04 Å². The van der Waals surface area contributed by atoms with Crippen LogP contribution in [-0.4, -0.2) is 45.7 Å². The lowest BCUT2D eigenvalue weighted by Crippen LogP contribution is -2.31. The van der Waals surface area contributed by atoms with Crippen LogP contribution in [0.3, 0.4) is 0 Å². The maximum Gasteiger partial charge on any atom is 0.407 e. The molecule has 70 valence electrons. The summed E-state index contributed by atoms with van der Waals surface area (Å²) in [5, 5.41) is 2.60. The van der Waals surface area contributed by atoms with Crippen molar-refractivity contribution in [3.05, 3.63) is 0 Å². The van der Waals surface area contributed by atoms with Crippen LogP contribution in [0.4, 0.5) is 4.79 Å². The number of hydrogen-bond donors (Lipinski definition) is 1. The summed E-state index contributed by atoms with van der Waals surface area (Å²) in [5.74, 6) is 0. The Hall–Kier alpha value is -0.810. The van der Waals surface area contributed by atoms with E-state index in [1.807, 2.05) is 0 Å². The van der Waals surface area contributed by atoms with Crippen LogP contribution in [0.2, 0.25) is 0 Å². The van der Waals surface area contributed by atoms with Crippen molar-refractivity contribution >= 4 is 6.09 Å². The van der Waals surface area contributed by atoms with Gasteiger partial charge in [-0.05, 0) is 0 Å². The van der Waals surface area contributed by atoms with Crippen molar-refractivity contribution < 1.29 is 19.0 Å². The zero-order chi connectivity index (χ0) is 8.81. The first-order chi connectivity index (χ1) is 5.83. The van der Waals surface area contributed by atoms with Gasteiger partial charge < -0.3 is 19.5 Å². The third kappa shape index (κ3) is 3.06. The second-order valence-corrected chi connectivity index (χ2v) is 2.51. The molecule has 0 aliphatic carbocycles. The first-order valence-corrected chi connectivity index (χ1v) is 3.83. The number of alkyl carbamates (subject to hydrolysis) is 1. The molecule has 1 N–H and O–H groups in total. The zero-order valence-electron chi connectivity index (χ0n) is 7.04. The Labute approximate surface area is 71.0 Å². The standard InChI is InChI=1S/C7H13NO4/c1-10-2-3-11-4-6-5-12-7(9)8-6/h6H,2-5H2,1H3,(H,8,9)/t6-/m0/s1. The van der Waals surface area contributed by atoms with Gasteiger partial charge in [-0.25, -0.2) is 4.79 Å². The van der Waals surface area contributed by atoms with Gasteiger partial charge in [-0.3, -0.25) is 0 Å². The molecule has 0 aromatic rings. The number of carbonyl (C=O) groups is 1. The fourth-order valence-corrected chi connectivity index (χ4v) is 0.884. The molecule has 1 amide bonds. The van der Waals surface area contributed by atoms with Crippen LogP contribution in [-0.2, 0) is 14.2 Å². The van der Waals surface area contributed by atoms with Gasteiger partial charge in [-0.2, -0.15) is 0 Å². The molecule has 12 heavy (non-hydrogen) atoms. The van der Waals surface area contributed by atoms with Gasteiger partial charge in [0.15, 0.2) is 0 Å². The summed E-state index contributed by atoms with van der Waals surface area (Å²) in [7, 11) is 1.61. The molecule has 1 heterocycles. The van der Waals surface area contributed by atoms with Crippen molar-refractivity contribution in [3.63, 3.8) is 0 Å². The van der Waals surface area contributed by atoms with Crippen molar-refractivity contribution in [1.29, 1.82) is 0 Å². The van der Waals surface area contributed by atoms with Gasteiger partial charge in [0.25, 0.3) is 0 Å². The van der Waals surface area contributed by atoms with Crippen LogP contribution < -0.4 is 5.32 Å². The van der Waals surface area contributed by atoms with E-state index in [9.17, 15) is 4.79 Å². The van der Waals surface area contributed by atoms with Gasteiger partial charge in [0.2, 0.25) is 0 Å². The summed E-state index contributed by atoms with van der Waals surface area (Å²) in [4.78, 5) is 10.5. The molecule has 1 rings (SSSR count). The molecule has 0 aromatic heterocycles. The van der Waals surface area contributed by atoms with Gasteiger partial charge in [-0.1, -0.05) is 0 Å². The molecule has 0 spiro atoms. The lowest BCUT2D eigenvalue weighted by molar-refractivity contribution is 0.0594. The minimum Gasteiger partial charge on any atom is -0.447 e. The van der Waals surface area contributed by atoms with Crippen LogP contribution in [0, 0.1) is 0 Å². The van der Waals surface area contributed by atoms with Crippen molar-refractivity contribution in [2.75, 3.05) is 33.5 Å². The molecule has 5 heteroatoms. The van der Waals surface area contributed by atoms with E-state index in [0.29, 0.717) is 26.4 Å². The summed E-state index contributed by atoms with van der Waals surface area (Å²) >= 11 is 0. The molecule has 5 nitrogen and oxygen atoms in total. The SMILES string of the molecule is COCCOC[C@H]1COC(=O)N1. The Bertz CT molecular complexity index is 150. The third-order valence-corrected chi connectivity index (χ3v) is 1.49. The van der Waals surface area contributed by atoms with Gasteiger partial charge >= 0.3 is 6.09 Å². The van der Waals surface area contributed by atoms with E-state index >= 15 is 0 Å². The second kappa shape index (κ2) is 4.95. The Morgan fingerprint density at radius 2 is 2.50 bits per heavy atom. The summed E-state index contributed by atoms with van der Waals surface area (Å²) in [5.41, 5.74) is 0. The molecule has 0 unspecified atom stereocenters. The average molecular weight is 175 g/mol. The van der Waals surface area contributed by atoms with Gasteiger partial charge in [0, 0.05) is 7.11 Å². The summed E-state index contributed by atoms with van der Waals surface area (Å²) in [6, 6.07) is -0.00523. The topological polar surface area (TPSA) is 56.8 Å². The predicted octanol–water partition coefficient (Wildman–Crippen LogP) is -0.242. The first kappa shape index (κ1) is 9.28. The highest BCUT2D eigenvalue weighted by Gasteiger charge is 2.21. The smallest absolute Gasteiger partial charge is 0.407 e. The maximum absolute atomic E-state index is 10.5. The van der Waals surface area contributed by atoms with Crippen LogP contribution in [0.5, 0.6) is 0 Å². The average Bonchev–Trinajstić information content (AvgIpc) is 2.45. The van der Waals surface area contributed by atoms with E-state index in [-0.39, 0.29) is 12.1 Å².